The Hall–Kier alpha value is -4.76. The zero-order chi connectivity index (χ0) is 35.2. The Kier molecular flexibility index (Phi) is 9.14. The molecule has 254 valence electrons. The predicted octanol–water partition coefficient (Wildman–Crippen LogP) is 5.89. The van der Waals surface area contributed by atoms with Crippen molar-refractivity contribution in [2.45, 2.75) is 55.0 Å². The third-order valence-corrected chi connectivity index (χ3v) is 10.5. The molecule has 0 aliphatic heterocycles. The van der Waals surface area contributed by atoms with Gasteiger partial charge in [0.25, 0.3) is 5.16 Å². The normalized spacial score (nSPS) is 12.3. The molecule has 0 saturated heterocycles. The molecule has 12 nitrogen and oxygen atoms in total. The fraction of sp³-hybridized carbons (Fsp3) is 0.303. The molecule has 0 aliphatic carbocycles. The van der Waals surface area contributed by atoms with Gasteiger partial charge in [0.2, 0.25) is 19.7 Å². The number of rotatable bonds is 9. The number of aromatic amines is 1. The fourth-order valence-corrected chi connectivity index (χ4v) is 7.88. The molecule has 0 atom stereocenters. The maximum atomic E-state index is 15.6. The van der Waals surface area contributed by atoms with Crippen LogP contribution in [-0.4, -0.2) is 64.7 Å². The summed E-state index contributed by atoms with van der Waals surface area (Å²) >= 11 is 0. The molecule has 15 heteroatoms. The number of methoxy groups -OCH3 is 2. The molecule has 0 radical (unpaired) electrons. The highest BCUT2D eigenvalue weighted by atomic mass is 32.2. The molecular formula is C33H35FN4O8S2. The number of H-pyrrole nitrogens is 1. The van der Waals surface area contributed by atoms with Gasteiger partial charge >= 0.3 is 6.09 Å². The highest BCUT2D eigenvalue weighted by Crippen LogP contribution is 2.39. The molecule has 5 aromatic rings. The number of sulfone groups is 2. The first kappa shape index (κ1) is 34.6. The van der Waals surface area contributed by atoms with E-state index in [0.717, 1.165) is 11.0 Å². The van der Waals surface area contributed by atoms with Gasteiger partial charge in [0.15, 0.2) is 5.03 Å². The Bertz CT molecular complexity index is 2250. The second kappa shape index (κ2) is 12.7. The number of benzene rings is 3. The van der Waals surface area contributed by atoms with Crippen LogP contribution in [0.25, 0.3) is 21.9 Å². The van der Waals surface area contributed by atoms with Crippen molar-refractivity contribution in [2.24, 2.45) is 0 Å². The van der Waals surface area contributed by atoms with E-state index in [9.17, 15) is 21.6 Å². The van der Waals surface area contributed by atoms with E-state index in [2.05, 4.69) is 15.0 Å². The molecule has 0 spiro atoms. The van der Waals surface area contributed by atoms with Crippen LogP contribution in [0.5, 0.6) is 11.5 Å². The fourth-order valence-electron chi connectivity index (χ4n) is 5.10. The Morgan fingerprint density at radius 2 is 1.38 bits per heavy atom. The number of halogens is 1. The van der Waals surface area contributed by atoms with Gasteiger partial charge in [-0.05, 0) is 68.7 Å². The van der Waals surface area contributed by atoms with Crippen molar-refractivity contribution >= 4 is 53.4 Å². The van der Waals surface area contributed by atoms with E-state index in [1.807, 2.05) is 0 Å². The Morgan fingerprint density at radius 1 is 0.854 bits per heavy atom. The van der Waals surface area contributed by atoms with E-state index in [-0.39, 0.29) is 33.2 Å². The van der Waals surface area contributed by atoms with Gasteiger partial charge in [-0.15, -0.1) is 0 Å². The molecule has 0 bridgehead atoms. The number of aromatic nitrogens is 3. The second-order valence-electron chi connectivity index (χ2n) is 12.2. The molecule has 1 N–H and O–H groups in total. The molecule has 0 saturated carbocycles. The summed E-state index contributed by atoms with van der Waals surface area (Å²) in [5.74, 6) is -0.817. The molecule has 1 amide bonds. The van der Waals surface area contributed by atoms with Crippen molar-refractivity contribution in [3.8, 4) is 11.5 Å². The SMILES string of the molecule is COc1ccc(CS(=O)(=O)c2nc(S(=O)(=O)Cc3ccc(OC)cc3)c3c(n2)[nH]c2c(N(C)C(=O)OC(C)(C)C)cc(F)c(C)c23)cc1. The molecule has 0 fully saturated rings. The van der Waals surface area contributed by atoms with E-state index < -0.39 is 58.9 Å². The minimum atomic E-state index is -4.41. The van der Waals surface area contributed by atoms with Crippen molar-refractivity contribution in [3.63, 3.8) is 0 Å². The zero-order valence-corrected chi connectivity index (χ0v) is 29.0. The van der Waals surface area contributed by atoms with Gasteiger partial charge in [0.05, 0.1) is 42.3 Å². The van der Waals surface area contributed by atoms with E-state index in [4.69, 9.17) is 14.2 Å². The minimum absolute atomic E-state index is 0.0153. The van der Waals surface area contributed by atoms with Crippen LogP contribution in [0, 0.1) is 12.7 Å². The largest absolute Gasteiger partial charge is 0.497 e. The summed E-state index contributed by atoms with van der Waals surface area (Å²) in [6, 6.07) is 13.7. The van der Waals surface area contributed by atoms with E-state index in [1.165, 1.54) is 28.2 Å². The summed E-state index contributed by atoms with van der Waals surface area (Å²) < 4.78 is 87.2. The summed E-state index contributed by atoms with van der Waals surface area (Å²) in [5, 5.41) is -1.39. The summed E-state index contributed by atoms with van der Waals surface area (Å²) in [6.07, 6.45) is -0.799. The number of hydrogen-bond donors (Lipinski definition) is 1. The number of carbonyl (C=O) groups excluding carboxylic acids is 1. The first-order valence-corrected chi connectivity index (χ1v) is 17.9. The monoisotopic (exact) mass is 698 g/mol. The van der Waals surface area contributed by atoms with Gasteiger partial charge in [-0.2, -0.15) is 0 Å². The number of nitrogens with zero attached hydrogens (tertiary/aromatic N) is 3. The number of nitrogens with one attached hydrogen (secondary N) is 1. The van der Waals surface area contributed by atoms with Crippen molar-refractivity contribution in [1.82, 2.24) is 15.0 Å². The van der Waals surface area contributed by atoms with Gasteiger partial charge in [-0.1, -0.05) is 24.3 Å². The third-order valence-electron chi connectivity index (χ3n) is 7.48. The third kappa shape index (κ3) is 6.92. The van der Waals surface area contributed by atoms with Crippen molar-refractivity contribution < 1.29 is 40.2 Å². The lowest BCUT2D eigenvalue weighted by Gasteiger charge is -2.25. The Balaban J connectivity index is 1.76. The maximum Gasteiger partial charge on any atom is 0.414 e. The zero-order valence-electron chi connectivity index (χ0n) is 27.4. The lowest BCUT2D eigenvalue weighted by atomic mass is 10.1. The summed E-state index contributed by atoms with van der Waals surface area (Å²) in [4.78, 5) is 25.5. The number of anilines is 1. The quantitative estimate of drug-likeness (QED) is 0.145. The molecule has 2 aromatic heterocycles. The van der Waals surface area contributed by atoms with Gasteiger partial charge in [0, 0.05) is 18.5 Å². The van der Waals surface area contributed by atoms with Crippen LogP contribution >= 0.6 is 0 Å². The van der Waals surface area contributed by atoms with Crippen LogP contribution in [0.2, 0.25) is 0 Å². The van der Waals surface area contributed by atoms with Crippen LogP contribution in [-0.2, 0) is 35.9 Å². The smallest absolute Gasteiger partial charge is 0.414 e. The molecule has 0 aliphatic rings. The second-order valence-corrected chi connectivity index (χ2v) is 16.0. The molecule has 3 aromatic carbocycles. The molecular weight excluding hydrogens is 664 g/mol. The predicted molar refractivity (Wildman–Crippen MR) is 178 cm³/mol. The summed E-state index contributed by atoms with van der Waals surface area (Å²) in [7, 11) is -4.40. The number of carbonyl (C=O) groups is 1. The minimum Gasteiger partial charge on any atom is -0.497 e. The van der Waals surface area contributed by atoms with Crippen molar-refractivity contribution in [1.29, 1.82) is 0 Å². The van der Waals surface area contributed by atoms with E-state index in [0.29, 0.717) is 22.6 Å². The van der Waals surface area contributed by atoms with Gasteiger partial charge in [0.1, 0.15) is 28.6 Å². The van der Waals surface area contributed by atoms with E-state index >= 15 is 4.39 Å². The summed E-state index contributed by atoms with van der Waals surface area (Å²) in [5.41, 5.74) is -0.0878. The lowest BCUT2D eigenvalue weighted by molar-refractivity contribution is 0.0589. The van der Waals surface area contributed by atoms with Gasteiger partial charge < -0.3 is 19.2 Å². The Morgan fingerprint density at radius 3 is 1.88 bits per heavy atom. The number of amides is 1. The highest BCUT2D eigenvalue weighted by molar-refractivity contribution is 7.91. The molecule has 48 heavy (non-hydrogen) atoms. The van der Waals surface area contributed by atoms with Gasteiger partial charge in [-0.3, -0.25) is 4.90 Å². The topological polar surface area (TPSA) is 158 Å². The first-order chi connectivity index (χ1) is 22.4. The standard InChI is InChI=1S/C33H35FN4O8S2/c1-19-24(34)16-25(38(5)32(39)46-33(2,3)4)28-26(19)27-29(35-28)36-31(48(42,43)18-21-10-14-23(45-7)15-11-21)37-30(27)47(40,41)17-20-8-12-22(44-6)13-9-20/h8-16H,17-18H2,1-7H3,(H,35,36,37). The number of hydrogen-bond acceptors (Lipinski definition) is 10. The van der Waals surface area contributed by atoms with Crippen LogP contribution in [0.4, 0.5) is 14.9 Å². The van der Waals surface area contributed by atoms with Crippen LogP contribution in [0.15, 0.2) is 64.8 Å². The average molecular weight is 699 g/mol. The molecule has 0 unspecified atom stereocenters. The van der Waals surface area contributed by atoms with Crippen LogP contribution < -0.4 is 14.4 Å². The molecule has 5 rings (SSSR count). The first-order valence-electron chi connectivity index (χ1n) is 14.6. The van der Waals surface area contributed by atoms with Crippen LogP contribution in [0.1, 0.15) is 37.5 Å². The number of fused-ring (bicyclic) bond motifs is 3. The lowest BCUT2D eigenvalue weighted by Crippen LogP contribution is -2.34. The maximum absolute atomic E-state index is 15.6. The van der Waals surface area contributed by atoms with Crippen molar-refractivity contribution in [2.75, 3.05) is 26.2 Å². The van der Waals surface area contributed by atoms with Crippen LogP contribution in [0.3, 0.4) is 0 Å². The highest BCUT2D eigenvalue weighted by Gasteiger charge is 2.32. The summed E-state index contributed by atoms with van der Waals surface area (Å²) in [6.45, 7) is 6.47. The number of aryl methyl sites for hydroxylation is 1. The van der Waals surface area contributed by atoms with Crippen molar-refractivity contribution in [3.05, 3.63) is 77.1 Å². The molecule has 2 heterocycles. The number of ether oxygens (including phenoxy) is 3. The Labute approximate surface area is 277 Å². The van der Waals surface area contributed by atoms with Gasteiger partial charge in [-0.25, -0.2) is 36.0 Å². The van der Waals surface area contributed by atoms with E-state index in [1.54, 1.807) is 69.3 Å². The average Bonchev–Trinajstić information content (AvgIpc) is 3.41.